The summed E-state index contributed by atoms with van der Waals surface area (Å²) in [6.07, 6.45) is 7.50. The Bertz CT molecular complexity index is 524. The van der Waals surface area contributed by atoms with Crippen LogP contribution < -0.4 is 5.73 Å². The monoisotopic (exact) mass is 260 g/mol. The van der Waals surface area contributed by atoms with Crippen molar-refractivity contribution in [2.75, 3.05) is 0 Å². The fourth-order valence-electron chi connectivity index (χ4n) is 1.97. The molecule has 0 amide bonds. The minimum Gasteiger partial charge on any atom is -0.337 e. The number of aromatic nitrogens is 3. The molecule has 0 saturated carbocycles. The lowest BCUT2D eigenvalue weighted by atomic mass is 10.1. The van der Waals surface area contributed by atoms with Crippen LogP contribution in [0.15, 0.2) is 23.0 Å². The van der Waals surface area contributed by atoms with Crippen molar-refractivity contribution in [3.63, 3.8) is 0 Å². The van der Waals surface area contributed by atoms with Gasteiger partial charge in [-0.25, -0.2) is 0 Å². The van der Waals surface area contributed by atoms with E-state index in [9.17, 15) is 0 Å². The third-order valence-electron chi connectivity index (χ3n) is 3.15. The van der Waals surface area contributed by atoms with Gasteiger partial charge in [0.15, 0.2) is 0 Å². The van der Waals surface area contributed by atoms with E-state index in [4.69, 9.17) is 10.3 Å². The second kappa shape index (κ2) is 6.43. The molecular weight excluding hydrogens is 240 g/mol. The molecule has 1 atom stereocenters. The van der Waals surface area contributed by atoms with E-state index in [1.807, 2.05) is 12.3 Å². The summed E-state index contributed by atoms with van der Waals surface area (Å²) in [5.41, 5.74) is 8.11. The molecule has 2 aromatic rings. The molecule has 19 heavy (non-hydrogen) atoms. The van der Waals surface area contributed by atoms with Gasteiger partial charge < -0.3 is 10.3 Å². The Balaban J connectivity index is 2.20. The molecule has 0 unspecified atom stereocenters. The van der Waals surface area contributed by atoms with E-state index in [2.05, 4.69) is 29.0 Å². The summed E-state index contributed by atoms with van der Waals surface area (Å²) < 4.78 is 5.27. The van der Waals surface area contributed by atoms with Crippen LogP contribution in [0.1, 0.15) is 50.6 Å². The van der Waals surface area contributed by atoms with Gasteiger partial charge in [-0.05, 0) is 24.5 Å². The number of hydrogen-bond donors (Lipinski definition) is 1. The van der Waals surface area contributed by atoms with Gasteiger partial charge in [-0.2, -0.15) is 4.98 Å². The third-order valence-corrected chi connectivity index (χ3v) is 3.15. The summed E-state index contributed by atoms with van der Waals surface area (Å²) in [7, 11) is 0. The number of hydrogen-bond acceptors (Lipinski definition) is 5. The quantitative estimate of drug-likeness (QED) is 0.864. The van der Waals surface area contributed by atoms with Crippen LogP contribution in [0, 0.1) is 0 Å². The summed E-state index contributed by atoms with van der Waals surface area (Å²) in [6.45, 7) is 4.21. The first-order valence-corrected chi connectivity index (χ1v) is 6.78. The average molecular weight is 260 g/mol. The van der Waals surface area contributed by atoms with Gasteiger partial charge in [0.05, 0.1) is 6.04 Å². The lowest BCUT2D eigenvalue weighted by Gasteiger charge is -2.04. The Kier molecular flexibility index (Phi) is 4.63. The van der Waals surface area contributed by atoms with Crippen LogP contribution in [0.3, 0.4) is 0 Å². The second-order valence-electron chi connectivity index (χ2n) is 4.59. The van der Waals surface area contributed by atoms with Gasteiger partial charge in [0, 0.05) is 18.0 Å². The Labute approximate surface area is 113 Å². The minimum absolute atomic E-state index is 0.173. The molecular formula is C14H20N4O. The Hall–Kier alpha value is -1.75. The largest absolute Gasteiger partial charge is 0.337 e. The molecule has 0 aromatic carbocycles. The lowest BCUT2D eigenvalue weighted by Crippen LogP contribution is -2.10. The summed E-state index contributed by atoms with van der Waals surface area (Å²) >= 11 is 0. The maximum Gasteiger partial charge on any atom is 0.243 e. The van der Waals surface area contributed by atoms with E-state index in [1.54, 1.807) is 6.20 Å². The average Bonchev–Trinajstić information content (AvgIpc) is 2.94. The van der Waals surface area contributed by atoms with Crippen molar-refractivity contribution >= 4 is 0 Å². The van der Waals surface area contributed by atoms with Crippen LogP contribution in [0.5, 0.6) is 0 Å². The van der Waals surface area contributed by atoms with Crippen LogP contribution in [-0.4, -0.2) is 15.1 Å². The van der Waals surface area contributed by atoms with Crippen molar-refractivity contribution in [2.24, 2.45) is 5.73 Å². The normalized spacial score (nSPS) is 12.6. The van der Waals surface area contributed by atoms with Gasteiger partial charge >= 0.3 is 0 Å². The minimum atomic E-state index is -0.173. The molecule has 0 aliphatic rings. The summed E-state index contributed by atoms with van der Waals surface area (Å²) in [6, 6.07) is 1.73. The van der Waals surface area contributed by atoms with E-state index >= 15 is 0 Å². The molecule has 0 saturated heterocycles. The van der Waals surface area contributed by atoms with Gasteiger partial charge in [-0.1, -0.05) is 31.8 Å². The number of nitrogens with two attached hydrogens (primary N) is 1. The molecule has 5 nitrogen and oxygen atoms in total. The molecule has 5 heteroatoms. The first-order chi connectivity index (χ1) is 9.26. The number of aryl methyl sites for hydroxylation is 1. The van der Waals surface area contributed by atoms with E-state index < -0.39 is 0 Å². The second-order valence-corrected chi connectivity index (χ2v) is 4.59. The van der Waals surface area contributed by atoms with Crippen LogP contribution in [0.4, 0.5) is 0 Å². The van der Waals surface area contributed by atoms with Crippen LogP contribution in [-0.2, 0) is 6.42 Å². The van der Waals surface area contributed by atoms with Crippen LogP contribution >= 0.6 is 0 Å². The first-order valence-electron chi connectivity index (χ1n) is 6.78. The molecule has 2 N–H and O–H groups in total. The fourth-order valence-corrected chi connectivity index (χ4v) is 1.97. The SMILES string of the molecule is CCCC[C@H](N)c1nc(-c2ccncc2CC)no1. The van der Waals surface area contributed by atoms with E-state index in [0.717, 1.165) is 36.8 Å². The van der Waals surface area contributed by atoms with Crippen molar-refractivity contribution in [3.8, 4) is 11.4 Å². The molecule has 0 fully saturated rings. The van der Waals surface area contributed by atoms with E-state index in [0.29, 0.717) is 11.7 Å². The topological polar surface area (TPSA) is 77.8 Å². The Morgan fingerprint density at radius 3 is 2.95 bits per heavy atom. The van der Waals surface area contributed by atoms with Gasteiger partial charge in [0.1, 0.15) is 0 Å². The molecule has 2 heterocycles. The van der Waals surface area contributed by atoms with Crippen molar-refractivity contribution in [3.05, 3.63) is 29.9 Å². The highest BCUT2D eigenvalue weighted by molar-refractivity contribution is 5.58. The smallest absolute Gasteiger partial charge is 0.243 e. The van der Waals surface area contributed by atoms with Gasteiger partial charge in [0.2, 0.25) is 11.7 Å². The van der Waals surface area contributed by atoms with Crippen LogP contribution in [0.2, 0.25) is 0 Å². The maximum atomic E-state index is 6.03. The van der Waals surface area contributed by atoms with Crippen molar-refractivity contribution < 1.29 is 4.52 Å². The van der Waals surface area contributed by atoms with E-state index in [1.165, 1.54) is 0 Å². The fraction of sp³-hybridized carbons (Fsp3) is 0.500. The number of nitrogens with zero attached hydrogens (tertiary/aromatic N) is 3. The van der Waals surface area contributed by atoms with Crippen molar-refractivity contribution in [1.29, 1.82) is 0 Å². The van der Waals surface area contributed by atoms with Crippen LogP contribution in [0.25, 0.3) is 11.4 Å². The highest BCUT2D eigenvalue weighted by atomic mass is 16.5. The summed E-state index contributed by atoms with van der Waals surface area (Å²) in [5.74, 6) is 1.11. The highest BCUT2D eigenvalue weighted by Gasteiger charge is 2.16. The highest BCUT2D eigenvalue weighted by Crippen LogP contribution is 2.23. The molecule has 0 spiro atoms. The molecule has 0 bridgehead atoms. The Morgan fingerprint density at radius 2 is 2.21 bits per heavy atom. The lowest BCUT2D eigenvalue weighted by molar-refractivity contribution is 0.346. The number of pyridine rings is 1. The van der Waals surface area contributed by atoms with Gasteiger partial charge in [-0.3, -0.25) is 4.98 Å². The van der Waals surface area contributed by atoms with Gasteiger partial charge in [-0.15, -0.1) is 0 Å². The zero-order valence-electron chi connectivity index (χ0n) is 11.5. The molecule has 102 valence electrons. The maximum absolute atomic E-state index is 6.03. The number of rotatable bonds is 6. The number of unbranched alkanes of at least 4 members (excludes halogenated alkanes) is 1. The molecule has 2 aromatic heterocycles. The summed E-state index contributed by atoms with van der Waals surface area (Å²) in [5, 5.41) is 4.03. The molecule has 0 aliphatic carbocycles. The zero-order chi connectivity index (χ0) is 13.7. The summed E-state index contributed by atoms with van der Waals surface area (Å²) in [4.78, 5) is 8.52. The van der Waals surface area contributed by atoms with Crippen molar-refractivity contribution in [2.45, 2.75) is 45.6 Å². The van der Waals surface area contributed by atoms with Crippen molar-refractivity contribution in [1.82, 2.24) is 15.1 Å². The van der Waals surface area contributed by atoms with Gasteiger partial charge in [0.25, 0.3) is 0 Å². The molecule has 0 radical (unpaired) electrons. The molecule has 0 aliphatic heterocycles. The van der Waals surface area contributed by atoms with E-state index in [-0.39, 0.29) is 6.04 Å². The third kappa shape index (κ3) is 3.17. The first kappa shape index (κ1) is 13.7. The predicted molar refractivity (Wildman–Crippen MR) is 73.4 cm³/mol. The predicted octanol–water partition coefficient (Wildman–Crippen LogP) is 2.88. The Morgan fingerprint density at radius 1 is 1.37 bits per heavy atom. The zero-order valence-corrected chi connectivity index (χ0v) is 11.5. The standard InChI is InChI=1S/C14H20N4O/c1-3-5-6-12(15)14-17-13(18-19-14)11-7-8-16-9-10(11)4-2/h7-9,12H,3-6,15H2,1-2H3/t12-/m0/s1. The molecule has 2 rings (SSSR count).